The van der Waals surface area contributed by atoms with Gasteiger partial charge in [-0.3, -0.25) is 4.68 Å². The molecule has 1 aromatic carbocycles. The molecule has 0 saturated carbocycles. The third-order valence-electron chi connectivity index (χ3n) is 3.03. The van der Waals surface area contributed by atoms with Crippen molar-refractivity contribution in [1.29, 1.82) is 0 Å². The lowest BCUT2D eigenvalue weighted by atomic mass is 10.1. The van der Waals surface area contributed by atoms with Crippen LogP contribution in [0.25, 0.3) is 0 Å². The average Bonchev–Trinajstić information content (AvgIpc) is 2.86. The van der Waals surface area contributed by atoms with Crippen LogP contribution in [0, 0.1) is 0 Å². The van der Waals surface area contributed by atoms with Crippen molar-refractivity contribution in [3.8, 4) is 5.75 Å². The monoisotopic (exact) mass is 337 g/mol. The molecule has 0 aliphatic carbocycles. The van der Waals surface area contributed by atoms with E-state index in [-0.39, 0.29) is 6.04 Å². The Morgan fingerprint density at radius 2 is 2.05 bits per heavy atom. The zero-order valence-electron chi connectivity index (χ0n) is 12.0. The molecule has 1 aromatic heterocycles. The van der Waals surface area contributed by atoms with Crippen molar-refractivity contribution in [2.24, 2.45) is 5.73 Å². The molecule has 2 N–H and O–H groups in total. The summed E-state index contributed by atoms with van der Waals surface area (Å²) in [6.07, 6.45) is 1.97. The summed E-state index contributed by atoms with van der Waals surface area (Å²) in [5.41, 5.74) is 7.88. The normalized spacial score (nSPS) is 12.7. The van der Waals surface area contributed by atoms with E-state index in [4.69, 9.17) is 10.5 Å². The lowest BCUT2D eigenvalue weighted by molar-refractivity contribution is 0.294. The molecule has 0 spiro atoms. The molecule has 108 valence electrons. The first-order chi connectivity index (χ1) is 9.47. The van der Waals surface area contributed by atoms with Gasteiger partial charge in [-0.2, -0.15) is 5.10 Å². The van der Waals surface area contributed by atoms with Gasteiger partial charge in [0.25, 0.3) is 0 Å². The van der Waals surface area contributed by atoms with Crippen LogP contribution >= 0.6 is 15.9 Å². The fourth-order valence-corrected chi connectivity index (χ4v) is 2.28. The molecule has 4 nitrogen and oxygen atoms in total. The molecular formula is C15H20BrN3O. The van der Waals surface area contributed by atoms with E-state index in [9.17, 15) is 0 Å². The fourth-order valence-electron chi connectivity index (χ4n) is 1.90. The van der Waals surface area contributed by atoms with Crippen LogP contribution in [0.1, 0.15) is 44.1 Å². The van der Waals surface area contributed by atoms with Gasteiger partial charge in [0.05, 0.1) is 5.69 Å². The molecule has 0 bridgehead atoms. The lowest BCUT2D eigenvalue weighted by Crippen LogP contribution is -2.08. The second kappa shape index (κ2) is 6.41. The Morgan fingerprint density at radius 1 is 1.30 bits per heavy atom. The predicted molar refractivity (Wildman–Crippen MR) is 83.7 cm³/mol. The van der Waals surface area contributed by atoms with Gasteiger partial charge in [0.1, 0.15) is 12.4 Å². The van der Waals surface area contributed by atoms with E-state index in [1.54, 1.807) is 0 Å². The van der Waals surface area contributed by atoms with Crippen LogP contribution in [0.15, 0.2) is 34.9 Å². The quantitative estimate of drug-likeness (QED) is 0.902. The second-order valence-corrected chi connectivity index (χ2v) is 6.06. The molecule has 2 aromatic rings. The molecule has 2 rings (SSSR count). The number of nitrogens with two attached hydrogens (primary N) is 1. The number of ether oxygens (including phenoxy) is 1. The number of hydrogen-bond donors (Lipinski definition) is 1. The van der Waals surface area contributed by atoms with E-state index >= 15 is 0 Å². The predicted octanol–water partition coefficient (Wildman–Crippen LogP) is 3.83. The molecule has 0 fully saturated rings. The minimum Gasteiger partial charge on any atom is -0.487 e. The van der Waals surface area contributed by atoms with Crippen LogP contribution in [-0.2, 0) is 6.61 Å². The topological polar surface area (TPSA) is 53.1 Å². The van der Waals surface area contributed by atoms with Crippen molar-refractivity contribution in [3.05, 3.63) is 46.2 Å². The van der Waals surface area contributed by atoms with E-state index in [1.807, 2.05) is 42.1 Å². The first-order valence-corrected chi connectivity index (χ1v) is 7.48. The van der Waals surface area contributed by atoms with E-state index in [0.717, 1.165) is 21.5 Å². The van der Waals surface area contributed by atoms with Crippen LogP contribution in [0.2, 0.25) is 0 Å². The van der Waals surface area contributed by atoms with Gasteiger partial charge in [-0.15, -0.1) is 0 Å². The Morgan fingerprint density at radius 3 is 2.65 bits per heavy atom. The summed E-state index contributed by atoms with van der Waals surface area (Å²) in [6.45, 7) is 6.59. The molecule has 1 atom stereocenters. The summed E-state index contributed by atoms with van der Waals surface area (Å²) in [5.74, 6) is 0.808. The Balaban J connectivity index is 2.10. The lowest BCUT2D eigenvalue weighted by Gasteiger charge is -2.14. The molecule has 5 heteroatoms. The molecule has 0 amide bonds. The largest absolute Gasteiger partial charge is 0.487 e. The van der Waals surface area contributed by atoms with Gasteiger partial charge in [-0.1, -0.05) is 15.9 Å². The molecule has 0 radical (unpaired) electrons. The van der Waals surface area contributed by atoms with Gasteiger partial charge in [0, 0.05) is 28.3 Å². The summed E-state index contributed by atoms with van der Waals surface area (Å²) in [4.78, 5) is 0. The Kier molecular flexibility index (Phi) is 4.83. The maximum absolute atomic E-state index is 5.98. The number of hydrogen-bond acceptors (Lipinski definition) is 3. The first-order valence-electron chi connectivity index (χ1n) is 6.69. The molecule has 1 heterocycles. The number of aromatic nitrogens is 2. The fraction of sp³-hybridized carbons (Fsp3) is 0.400. The van der Waals surface area contributed by atoms with Gasteiger partial charge in [0.2, 0.25) is 0 Å². The van der Waals surface area contributed by atoms with Gasteiger partial charge < -0.3 is 10.5 Å². The van der Waals surface area contributed by atoms with Gasteiger partial charge in [-0.05, 0) is 45.0 Å². The van der Waals surface area contributed by atoms with Crippen LogP contribution in [0.3, 0.4) is 0 Å². The summed E-state index contributed by atoms with van der Waals surface area (Å²) < 4.78 is 8.78. The standard InChI is InChI=1S/C15H20BrN3O/c1-10(2)19-7-6-13(18-19)9-20-15-5-4-12(16)8-14(15)11(3)17/h4-8,10-11H,9,17H2,1-3H3. The van der Waals surface area contributed by atoms with E-state index in [2.05, 4.69) is 34.9 Å². The van der Waals surface area contributed by atoms with Crippen molar-refractivity contribution in [2.45, 2.75) is 39.5 Å². The Labute approximate surface area is 128 Å². The van der Waals surface area contributed by atoms with Crippen molar-refractivity contribution in [3.63, 3.8) is 0 Å². The molecular weight excluding hydrogens is 318 g/mol. The van der Waals surface area contributed by atoms with E-state index < -0.39 is 0 Å². The molecule has 0 aliphatic heterocycles. The van der Waals surface area contributed by atoms with Crippen molar-refractivity contribution < 1.29 is 4.74 Å². The minimum atomic E-state index is -0.0734. The molecule has 20 heavy (non-hydrogen) atoms. The number of benzene rings is 1. The van der Waals surface area contributed by atoms with Crippen LogP contribution in [0.4, 0.5) is 0 Å². The number of rotatable bonds is 5. The SMILES string of the molecule is CC(N)c1cc(Br)ccc1OCc1ccn(C(C)C)n1. The van der Waals surface area contributed by atoms with E-state index in [0.29, 0.717) is 12.6 Å². The van der Waals surface area contributed by atoms with Gasteiger partial charge >= 0.3 is 0 Å². The van der Waals surface area contributed by atoms with Gasteiger partial charge in [0.15, 0.2) is 0 Å². The highest BCUT2D eigenvalue weighted by Gasteiger charge is 2.10. The average molecular weight is 338 g/mol. The molecule has 0 aliphatic rings. The highest BCUT2D eigenvalue weighted by Crippen LogP contribution is 2.28. The first kappa shape index (κ1) is 15.1. The molecule has 1 unspecified atom stereocenters. The van der Waals surface area contributed by atoms with E-state index in [1.165, 1.54) is 0 Å². The Bertz CT molecular complexity index is 578. The highest BCUT2D eigenvalue weighted by atomic mass is 79.9. The summed E-state index contributed by atoms with van der Waals surface area (Å²) in [5, 5.41) is 4.47. The zero-order valence-corrected chi connectivity index (χ0v) is 13.6. The Hall–Kier alpha value is -1.33. The summed E-state index contributed by atoms with van der Waals surface area (Å²) >= 11 is 3.45. The van der Waals surface area contributed by atoms with Crippen molar-refractivity contribution >= 4 is 15.9 Å². The zero-order chi connectivity index (χ0) is 14.7. The summed E-state index contributed by atoms with van der Waals surface area (Å²) in [6, 6.07) is 8.14. The molecule has 0 saturated heterocycles. The van der Waals surface area contributed by atoms with Crippen LogP contribution in [-0.4, -0.2) is 9.78 Å². The number of nitrogens with zero attached hydrogens (tertiary/aromatic N) is 2. The maximum atomic E-state index is 5.98. The smallest absolute Gasteiger partial charge is 0.132 e. The highest BCUT2D eigenvalue weighted by molar-refractivity contribution is 9.10. The number of halogens is 1. The maximum Gasteiger partial charge on any atom is 0.132 e. The van der Waals surface area contributed by atoms with Crippen LogP contribution in [0.5, 0.6) is 5.75 Å². The van der Waals surface area contributed by atoms with Gasteiger partial charge in [-0.25, -0.2) is 0 Å². The third-order valence-corrected chi connectivity index (χ3v) is 3.52. The van der Waals surface area contributed by atoms with Crippen molar-refractivity contribution in [1.82, 2.24) is 9.78 Å². The second-order valence-electron chi connectivity index (χ2n) is 5.14. The summed E-state index contributed by atoms with van der Waals surface area (Å²) in [7, 11) is 0. The van der Waals surface area contributed by atoms with Crippen LogP contribution < -0.4 is 10.5 Å². The minimum absolute atomic E-state index is 0.0734. The third kappa shape index (κ3) is 3.61. The van der Waals surface area contributed by atoms with Crippen molar-refractivity contribution in [2.75, 3.05) is 0 Å².